The zero-order valence-corrected chi connectivity index (χ0v) is 34.6. The zero-order valence-electron chi connectivity index (χ0n) is 34.6. The molecule has 0 amide bonds. The Kier molecular flexibility index (Phi) is 16.3. The van der Waals surface area contributed by atoms with Crippen LogP contribution in [0.25, 0.3) is 0 Å². The number of benzene rings is 4. The number of hydrogen-bond acceptors (Lipinski definition) is 6. The standard InChI is InChI=1S/C48H66N2O4/c1-33(2)48(52)54-47-24-22-39(30-45(47)43(41-19-15-12-16-20-41)26-28-50(36(7)8)37(9)10)32-53-46-23-21-38(31-51)29-44(46)42(40-17-13-11-14-18-40)25-27-49(34(3)4)35(5)6/h11-24,29-30,33-37,42-43,51H,25-28,31-32H2,1-10H3/t42?,43-/m1/s1. The summed E-state index contributed by atoms with van der Waals surface area (Å²) >= 11 is 0. The molecule has 0 radical (unpaired) electrons. The average Bonchev–Trinajstić information content (AvgIpc) is 3.14. The van der Waals surface area contributed by atoms with Gasteiger partial charge in [0.2, 0.25) is 0 Å². The maximum absolute atomic E-state index is 13.0. The number of hydrogen-bond donors (Lipinski definition) is 1. The fourth-order valence-corrected chi connectivity index (χ4v) is 7.70. The van der Waals surface area contributed by atoms with E-state index < -0.39 is 0 Å². The Morgan fingerprint density at radius 1 is 0.574 bits per heavy atom. The monoisotopic (exact) mass is 735 g/mol. The Hall–Kier alpha value is -3.97. The molecule has 0 heterocycles. The Bertz CT molecular complexity index is 1700. The van der Waals surface area contributed by atoms with Crippen molar-refractivity contribution in [1.82, 2.24) is 9.80 Å². The van der Waals surface area contributed by atoms with Crippen LogP contribution in [0.15, 0.2) is 97.1 Å². The molecule has 0 aliphatic carbocycles. The topological polar surface area (TPSA) is 62.2 Å². The van der Waals surface area contributed by atoms with Crippen LogP contribution in [0.3, 0.4) is 0 Å². The van der Waals surface area contributed by atoms with Gasteiger partial charge in [0.05, 0.1) is 12.5 Å². The zero-order chi connectivity index (χ0) is 39.4. The lowest BCUT2D eigenvalue weighted by molar-refractivity contribution is -0.137. The Morgan fingerprint density at radius 3 is 1.44 bits per heavy atom. The highest BCUT2D eigenvalue weighted by Gasteiger charge is 2.26. The van der Waals surface area contributed by atoms with Gasteiger partial charge in [-0.2, -0.15) is 0 Å². The van der Waals surface area contributed by atoms with Crippen LogP contribution in [0.2, 0.25) is 0 Å². The van der Waals surface area contributed by atoms with Crippen molar-refractivity contribution in [3.05, 3.63) is 130 Å². The molecule has 2 atom stereocenters. The van der Waals surface area contributed by atoms with E-state index in [9.17, 15) is 9.90 Å². The molecule has 6 heteroatoms. The van der Waals surface area contributed by atoms with E-state index in [4.69, 9.17) is 9.47 Å². The summed E-state index contributed by atoms with van der Waals surface area (Å²) in [6.45, 7) is 23.9. The van der Waals surface area contributed by atoms with E-state index >= 15 is 0 Å². The van der Waals surface area contributed by atoms with Crippen molar-refractivity contribution in [1.29, 1.82) is 0 Å². The molecule has 0 aliphatic rings. The number of aliphatic hydroxyl groups excluding tert-OH is 1. The lowest BCUT2D eigenvalue weighted by Crippen LogP contribution is -2.38. The molecule has 0 saturated carbocycles. The minimum absolute atomic E-state index is 0.00725. The maximum Gasteiger partial charge on any atom is 0.313 e. The van der Waals surface area contributed by atoms with Crippen molar-refractivity contribution >= 4 is 5.97 Å². The first-order valence-corrected chi connectivity index (χ1v) is 20.1. The van der Waals surface area contributed by atoms with Crippen LogP contribution in [0.5, 0.6) is 11.5 Å². The van der Waals surface area contributed by atoms with Gasteiger partial charge in [-0.3, -0.25) is 14.6 Å². The highest BCUT2D eigenvalue weighted by Crippen LogP contribution is 2.39. The molecule has 0 saturated heterocycles. The largest absolute Gasteiger partial charge is 0.489 e. The number of rotatable bonds is 20. The van der Waals surface area contributed by atoms with Gasteiger partial charge in [0.15, 0.2) is 0 Å². The lowest BCUT2D eigenvalue weighted by Gasteiger charge is -2.32. The number of aliphatic hydroxyl groups is 1. The van der Waals surface area contributed by atoms with Crippen LogP contribution in [0.1, 0.15) is 127 Å². The smallest absolute Gasteiger partial charge is 0.313 e. The summed E-state index contributed by atoms with van der Waals surface area (Å²) in [5.41, 5.74) is 6.35. The minimum atomic E-state index is -0.251. The van der Waals surface area contributed by atoms with E-state index in [0.29, 0.717) is 36.5 Å². The van der Waals surface area contributed by atoms with Gasteiger partial charge in [-0.05, 0) is 128 Å². The summed E-state index contributed by atoms with van der Waals surface area (Å²) in [5, 5.41) is 10.2. The number of esters is 1. The third kappa shape index (κ3) is 11.8. The molecule has 4 rings (SSSR count). The van der Waals surface area contributed by atoms with Gasteiger partial charge in [0, 0.05) is 47.1 Å². The molecule has 0 spiro atoms. The van der Waals surface area contributed by atoms with E-state index in [1.807, 2.05) is 44.2 Å². The molecule has 0 fully saturated rings. The van der Waals surface area contributed by atoms with Crippen molar-refractivity contribution in [2.24, 2.45) is 5.92 Å². The molecule has 1 N–H and O–H groups in total. The summed E-state index contributed by atoms with van der Waals surface area (Å²) in [6.07, 6.45) is 1.78. The molecular formula is C48H66N2O4. The number of ether oxygens (including phenoxy) is 2. The highest BCUT2D eigenvalue weighted by molar-refractivity contribution is 5.75. The second kappa shape index (κ2) is 20.6. The van der Waals surface area contributed by atoms with Crippen LogP contribution in [0, 0.1) is 5.92 Å². The van der Waals surface area contributed by atoms with E-state index in [0.717, 1.165) is 53.9 Å². The van der Waals surface area contributed by atoms with Crippen LogP contribution >= 0.6 is 0 Å². The summed E-state index contributed by atoms with van der Waals surface area (Å²) in [5.74, 6) is 0.999. The van der Waals surface area contributed by atoms with Gasteiger partial charge in [-0.1, -0.05) is 86.6 Å². The van der Waals surface area contributed by atoms with E-state index in [1.165, 1.54) is 11.1 Å². The van der Waals surface area contributed by atoms with E-state index in [1.54, 1.807) is 0 Å². The van der Waals surface area contributed by atoms with Crippen LogP contribution in [-0.4, -0.2) is 58.1 Å². The average molecular weight is 735 g/mol. The second-order valence-corrected chi connectivity index (χ2v) is 16.1. The van der Waals surface area contributed by atoms with E-state index in [2.05, 4.69) is 132 Å². The molecule has 0 aromatic heterocycles. The second-order valence-electron chi connectivity index (χ2n) is 16.1. The summed E-state index contributed by atoms with van der Waals surface area (Å²) in [7, 11) is 0. The third-order valence-corrected chi connectivity index (χ3v) is 10.6. The van der Waals surface area contributed by atoms with Gasteiger partial charge in [0.25, 0.3) is 0 Å². The van der Waals surface area contributed by atoms with Gasteiger partial charge in [-0.25, -0.2) is 0 Å². The Labute approximate surface area is 326 Å². The first-order valence-electron chi connectivity index (χ1n) is 20.1. The van der Waals surface area contributed by atoms with Crippen LogP contribution < -0.4 is 9.47 Å². The van der Waals surface area contributed by atoms with Crippen molar-refractivity contribution in [2.75, 3.05) is 13.1 Å². The van der Waals surface area contributed by atoms with Crippen molar-refractivity contribution in [2.45, 2.75) is 131 Å². The van der Waals surface area contributed by atoms with Crippen LogP contribution in [0.4, 0.5) is 0 Å². The molecule has 54 heavy (non-hydrogen) atoms. The predicted molar refractivity (Wildman–Crippen MR) is 223 cm³/mol. The third-order valence-electron chi connectivity index (χ3n) is 10.6. The van der Waals surface area contributed by atoms with Crippen molar-refractivity contribution in [3.8, 4) is 11.5 Å². The van der Waals surface area contributed by atoms with Gasteiger partial charge >= 0.3 is 5.97 Å². The summed E-state index contributed by atoms with van der Waals surface area (Å²) in [6, 6.07) is 35.1. The quantitative estimate of drug-likeness (QED) is 0.0721. The van der Waals surface area contributed by atoms with Gasteiger partial charge < -0.3 is 14.6 Å². The molecule has 0 bridgehead atoms. The summed E-state index contributed by atoms with van der Waals surface area (Å²) in [4.78, 5) is 18.1. The molecule has 292 valence electrons. The number of nitrogens with zero attached hydrogens (tertiary/aromatic N) is 2. The molecule has 6 nitrogen and oxygen atoms in total. The van der Waals surface area contributed by atoms with Crippen LogP contribution in [-0.2, 0) is 18.0 Å². The first kappa shape index (κ1) is 42.8. The predicted octanol–water partition coefficient (Wildman–Crippen LogP) is 10.6. The molecule has 1 unspecified atom stereocenters. The molecule has 0 aliphatic heterocycles. The van der Waals surface area contributed by atoms with Crippen molar-refractivity contribution in [3.63, 3.8) is 0 Å². The Morgan fingerprint density at radius 2 is 1.00 bits per heavy atom. The van der Waals surface area contributed by atoms with Gasteiger partial charge in [0.1, 0.15) is 18.1 Å². The van der Waals surface area contributed by atoms with Gasteiger partial charge in [-0.15, -0.1) is 0 Å². The highest BCUT2D eigenvalue weighted by atomic mass is 16.5. The SMILES string of the molecule is CC(C)C(=O)Oc1ccc(COc2ccc(CO)cc2C(CCN(C(C)C)C(C)C)c2ccccc2)cc1[C@H](CCN(C(C)C)C(C)C)c1ccccc1. The van der Waals surface area contributed by atoms with E-state index in [-0.39, 0.29) is 30.3 Å². The fourth-order valence-electron chi connectivity index (χ4n) is 7.70. The molecule has 4 aromatic carbocycles. The lowest BCUT2D eigenvalue weighted by atomic mass is 9.86. The molecular weight excluding hydrogens is 669 g/mol. The number of carbonyl (C=O) groups is 1. The van der Waals surface area contributed by atoms with Crippen molar-refractivity contribution < 1.29 is 19.4 Å². The normalized spacial score (nSPS) is 13.1. The molecule has 4 aromatic rings. The first-order chi connectivity index (χ1) is 25.8. The number of carbonyl (C=O) groups excluding carboxylic acids is 1. The minimum Gasteiger partial charge on any atom is -0.489 e. The Balaban J connectivity index is 1.75. The summed E-state index contributed by atoms with van der Waals surface area (Å²) < 4.78 is 12.9. The maximum atomic E-state index is 13.0. The fraction of sp³-hybridized carbons (Fsp3) is 0.479.